The standard InChI is InChI=1S/C11H16IN3/c1-3-4-13-11-9(12)6-14-10(15-11)8-5-7(8)2/h6-8H,3-5H2,1-2H3,(H,13,14,15). The number of anilines is 1. The highest BCUT2D eigenvalue weighted by Crippen LogP contribution is 2.45. The minimum atomic E-state index is 0.601. The maximum atomic E-state index is 4.59. The molecule has 4 heteroatoms. The Morgan fingerprint density at radius 2 is 2.33 bits per heavy atom. The van der Waals surface area contributed by atoms with Gasteiger partial charge < -0.3 is 5.32 Å². The Labute approximate surface area is 104 Å². The largest absolute Gasteiger partial charge is 0.369 e. The van der Waals surface area contributed by atoms with Crippen molar-refractivity contribution in [2.24, 2.45) is 5.92 Å². The van der Waals surface area contributed by atoms with Gasteiger partial charge in [0.1, 0.15) is 11.6 Å². The number of nitrogens with zero attached hydrogens (tertiary/aromatic N) is 2. The van der Waals surface area contributed by atoms with Gasteiger partial charge in [0, 0.05) is 18.7 Å². The Morgan fingerprint density at radius 3 is 2.93 bits per heavy atom. The van der Waals surface area contributed by atoms with Crippen LogP contribution in [0.5, 0.6) is 0 Å². The van der Waals surface area contributed by atoms with Crippen molar-refractivity contribution >= 4 is 28.4 Å². The lowest BCUT2D eigenvalue weighted by Crippen LogP contribution is -2.06. The third-order valence-corrected chi connectivity index (χ3v) is 3.54. The van der Waals surface area contributed by atoms with Crippen LogP contribution in [0.15, 0.2) is 6.20 Å². The van der Waals surface area contributed by atoms with Crippen molar-refractivity contribution < 1.29 is 0 Å². The van der Waals surface area contributed by atoms with E-state index in [1.165, 1.54) is 6.42 Å². The second-order valence-electron chi connectivity index (χ2n) is 4.17. The third kappa shape index (κ3) is 2.59. The SMILES string of the molecule is CCCNc1nc(C2CC2C)ncc1I. The molecule has 0 bridgehead atoms. The number of halogens is 1. The number of hydrogen-bond donors (Lipinski definition) is 1. The first-order valence-electron chi connectivity index (χ1n) is 5.48. The second kappa shape index (κ2) is 4.63. The Bertz CT molecular complexity index is 354. The molecule has 2 atom stereocenters. The molecule has 3 nitrogen and oxygen atoms in total. The highest BCUT2D eigenvalue weighted by atomic mass is 127. The third-order valence-electron chi connectivity index (χ3n) is 2.75. The molecular formula is C11H16IN3. The van der Waals surface area contributed by atoms with Crippen molar-refractivity contribution in [2.75, 3.05) is 11.9 Å². The second-order valence-corrected chi connectivity index (χ2v) is 5.33. The molecule has 1 aromatic rings. The van der Waals surface area contributed by atoms with Crippen LogP contribution < -0.4 is 5.32 Å². The molecular weight excluding hydrogens is 301 g/mol. The lowest BCUT2D eigenvalue weighted by Gasteiger charge is -2.07. The van der Waals surface area contributed by atoms with Gasteiger partial charge in [-0.3, -0.25) is 0 Å². The molecule has 0 aliphatic heterocycles. The topological polar surface area (TPSA) is 37.8 Å². The van der Waals surface area contributed by atoms with Gasteiger partial charge in [-0.1, -0.05) is 13.8 Å². The summed E-state index contributed by atoms with van der Waals surface area (Å²) >= 11 is 2.28. The van der Waals surface area contributed by atoms with Crippen molar-refractivity contribution in [3.8, 4) is 0 Å². The average molecular weight is 317 g/mol. The van der Waals surface area contributed by atoms with Gasteiger partial charge in [0.2, 0.25) is 0 Å². The fraction of sp³-hybridized carbons (Fsp3) is 0.636. The minimum Gasteiger partial charge on any atom is -0.369 e. The van der Waals surface area contributed by atoms with E-state index < -0.39 is 0 Å². The van der Waals surface area contributed by atoms with Gasteiger partial charge >= 0.3 is 0 Å². The molecule has 2 unspecified atom stereocenters. The molecule has 1 aliphatic carbocycles. The maximum absolute atomic E-state index is 4.59. The smallest absolute Gasteiger partial charge is 0.143 e. The van der Waals surface area contributed by atoms with E-state index in [9.17, 15) is 0 Å². The summed E-state index contributed by atoms with van der Waals surface area (Å²) in [6.45, 7) is 5.39. The maximum Gasteiger partial charge on any atom is 0.143 e. The van der Waals surface area contributed by atoms with Crippen LogP contribution in [0.2, 0.25) is 0 Å². The van der Waals surface area contributed by atoms with E-state index in [0.29, 0.717) is 5.92 Å². The number of rotatable bonds is 4. The van der Waals surface area contributed by atoms with E-state index in [0.717, 1.165) is 34.1 Å². The summed E-state index contributed by atoms with van der Waals surface area (Å²) in [5, 5.41) is 3.34. The summed E-state index contributed by atoms with van der Waals surface area (Å²) < 4.78 is 1.11. The van der Waals surface area contributed by atoms with Gasteiger partial charge in [-0.05, 0) is 41.4 Å². The van der Waals surface area contributed by atoms with Crippen LogP contribution in [-0.4, -0.2) is 16.5 Å². The predicted molar refractivity (Wildman–Crippen MR) is 70.1 cm³/mol. The molecule has 15 heavy (non-hydrogen) atoms. The lowest BCUT2D eigenvalue weighted by atomic mass is 10.3. The van der Waals surface area contributed by atoms with Crippen molar-refractivity contribution in [2.45, 2.75) is 32.6 Å². The Balaban J connectivity index is 2.13. The van der Waals surface area contributed by atoms with Gasteiger partial charge in [-0.2, -0.15) is 0 Å². The minimum absolute atomic E-state index is 0.601. The molecule has 0 radical (unpaired) electrons. The zero-order valence-electron chi connectivity index (χ0n) is 9.13. The van der Waals surface area contributed by atoms with Crippen LogP contribution in [0.4, 0.5) is 5.82 Å². The van der Waals surface area contributed by atoms with Gasteiger partial charge in [0.15, 0.2) is 0 Å². The monoisotopic (exact) mass is 317 g/mol. The first-order chi connectivity index (χ1) is 7.22. The summed E-state index contributed by atoms with van der Waals surface area (Å²) in [4.78, 5) is 8.99. The van der Waals surface area contributed by atoms with E-state index in [4.69, 9.17) is 0 Å². The van der Waals surface area contributed by atoms with Crippen LogP contribution >= 0.6 is 22.6 Å². The van der Waals surface area contributed by atoms with E-state index >= 15 is 0 Å². The molecule has 1 aliphatic rings. The van der Waals surface area contributed by atoms with Crippen LogP contribution in [-0.2, 0) is 0 Å². The van der Waals surface area contributed by atoms with Crippen LogP contribution in [0.3, 0.4) is 0 Å². The summed E-state index contributed by atoms with van der Waals surface area (Å²) in [6, 6.07) is 0. The van der Waals surface area contributed by atoms with Crippen molar-refractivity contribution in [1.82, 2.24) is 9.97 Å². The highest BCUT2D eigenvalue weighted by molar-refractivity contribution is 14.1. The Hall–Kier alpha value is -0.390. The fourth-order valence-electron chi connectivity index (χ4n) is 1.61. The molecule has 0 aromatic carbocycles. The van der Waals surface area contributed by atoms with Crippen LogP contribution in [0.25, 0.3) is 0 Å². The van der Waals surface area contributed by atoms with E-state index in [1.54, 1.807) is 0 Å². The molecule has 1 saturated carbocycles. The summed E-state index contributed by atoms with van der Waals surface area (Å²) in [6.07, 6.45) is 4.29. The van der Waals surface area contributed by atoms with Crippen molar-refractivity contribution in [3.05, 3.63) is 15.6 Å². The highest BCUT2D eigenvalue weighted by Gasteiger charge is 2.36. The van der Waals surface area contributed by atoms with Gasteiger partial charge in [-0.15, -0.1) is 0 Å². The lowest BCUT2D eigenvalue weighted by molar-refractivity contribution is 0.836. The fourth-order valence-corrected chi connectivity index (χ4v) is 2.06. The number of hydrogen-bond acceptors (Lipinski definition) is 3. The van der Waals surface area contributed by atoms with E-state index in [1.807, 2.05) is 6.20 Å². The van der Waals surface area contributed by atoms with Gasteiger partial charge in [0.25, 0.3) is 0 Å². The Morgan fingerprint density at radius 1 is 1.60 bits per heavy atom. The molecule has 1 heterocycles. The molecule has 0 saturated heterocycles. The molecule has 1 fully saturated rings. The molecule has 1 aromatic heterocycles. The van der Waals surface area contributed by atoms with E-state index in [-0.39, 0.29) is 0 Å². The summed E-state index contributed by atoms with van der Waals surface area (Å²) in [5.74, 6) is 3.39. The molecule has 0 spiro atoms. The van der Waals surface area contributed by atoms with Crippen molar-refractivity contribution in [1.29, 1.82) is 0 Å². The average Bonchev–Trinajstić information content (AvgIpc) is 2.94. The van der Waals surface area contributed by atoms with Crippen LogP contribution in [0.1, 0.15) is 38.4 Å². The number of nitrogens with one attached hydrogen (secondary N) is 1. The zero-order valence-corrected chi connectivity index (χ0v) is 11.3. The normalized spacial score (nSPS) is 23.9. The van der Waals surface area contributed by atoms with Crippen LogP contribution in [0, 0.1) is 9.49 Å². The molecule has 2 rings (SSSR count). The van der Waals surface area contributed by atoms with Crippen molar-refractivity contribution in [3.63, 3.8) is 0 Å². The zero-order chi connectivity index (χ0) is 10.8. The predicted octanol–water partition coefficient (Wildman–Crippen LogP) is 3.03. The first kappa shape index (κ1) is 11.1. The quantitative estimate of drug-likeness (QED) is 0.868. The van der Waals surface area contributed by atoms with E-state index in [2.05, 4.69) is 51.7 Å². The van der Waals surface area contributed by atoms with Gasteiger partial charge in [-0.25, -0.2) is 9.97 Å². The summed E-state index contributed by atoms with van der Waals surface area (Å²) in [7, 11) is 0. The molecule has 82 valence electrons. The van der Waals surface area contributed by atoms with Gasteiger partial charge in [0.05, 0.1) is 3.57 Å². The molecule has 0 amide bonds. The summed E-state index contributed by atoms with van der Waals surface area (Å²) in [5.41, 5.74) is 0. The first-order valence-corrected chi connectivity index (χ1v) is 6.56. The molecule has 1 N–H and O–H groups in total. The Kier molecular flexibility index (Phi) is 3.43. The number of aromatic nitrogens is 2.